The number of aryl methyl sites for hydroxylation is 1. The number of hydrogen-bond acceptors (Lipinski definition) is 5. The molecule has 0 aliphatic carbocycles. The summed E-state index contributed by atoms with van der Waals surface area (Å²) in [4.78, 5) is 31.3. The van der Waals surface area contributed by atoms with Crippen molar-refractivity contribution in [3.63, 3.8) is 0 Å². The molecule has 2 saturated heterocycles. The maximum absolute atomic E-state index is 13.6. The highest BCUT2D eigenvalue weighted by atomic mass is 32.2. The van der Waals surface area contributed by atoms with Gasteiger partial charge in [0.05, 0.1) is 21.7 Å². The lowest BCUT2D eigenvalue weighted by Crippen LogP contribution is -2.34. The fraction of sp³-hybridized carbons (Fsp3) is 0.458. The molecule has 0 saturated carbocycles. The zero-order valence-electron chi connectivity index (χ0n) is 18.2. The fourth-order valence-corrected chi connectivity index (χ4v) is 5.74. The summed E-state index contributed by atoms with van der Waals surface area (Å²) in [6.45, 7) is 7.16. The molecule has 31 heavy (non-hydrogen) atoms. The van der Waals surface area contributed by atoms with Gasteiger partial charge >= 0.3 is 0 Å². The van der Waals surface area contributed by atoms with Gasteiger partial charge in [-0.3, -0.25) is 14.5 Å². The number of anilines is 1. The maximum Gasteiger partial charge on any atom is 0.266 e. The largest absolute Gasteiger partial charge is 0.370 e. The van der Waals surface area contributed by atoms with Crippen molar-refractivity contribution in [3.05, 3.63) is 45.1 Å². The lowest BCUT2D eigenvalue weighted by molar-refractivity contribution is -0.122. The minimum absolute atomic E-state index is 0.0411. The molecular weight excluding hydrogens is 426 g/mol. The van der Waals surface area contributed by atoms with E-state index in [1.165, 1.54) is 18.2 Å². The molecule has 4 rings (SSSR count). The monoisotopic (exact) mass is 455 g/mol. The van der Waals surface area contributed by atoms with E-state index in [9.17, 15) is 9.59 Å². The average molecular weight is 456 g/mol. The molecule has 0 atom stereocenters. The number of para-hydroxylation sites is 1. The Morgan fingerprint density at radius 3 is 2.55 bits per heavy atom. The summed E-state index contributed by atoms with van der Waals surface area (Å²) >= 11 is 6.79. The van der Waals surface area contributed by atoms with Gasteiger partial charge in [-0.25, -0.2) is 0 Å². The van der Waals surface area contributed by atoms with Gasteiger partial charge in [-0.2, -0.15) is 0 Å². The van der Waals surface area contributed by atoms with Crippen LogP contribution in [0.3, 0.4) is 0 Å². The van der Waals surface area contributed by atoms with Gasteiger partial charge in [-0.05, 0) is 44.7 Å². The number of pyridine rings is 1. The van der Waals surface area contributed by atoms with Crippen LogP contribution in [0.15, 0.2) is 34.0 Å². The molecule has 0 bridgehead atoms. The normalized spacial score (nSPS) is 18.6. The van der Waals surface area contributed by atoms with Crippen LogP contribution in [-0.4, -0.2) is 39.3 Å². The van der Waals surface area contributed by atoms with Crippen LogP contribution in [0.1, 0.15) is 51.5 Å². The topological polar surface area (TPSA) is 45.6 Å². The Kier molecular flexibility index (Phi) is 6.82. The van der Waals surface area contributed by atoms with E-state index in [1.54, 1.807) is 11.0 Å². The number of nitrogens with zero attached hydrogens (tertiary/aromatic N) is 3. The number of thiocarbonyl (C=S) groups is 1. The third-order valence-electron chi connectivity index (χ3n) is 6.05. The Hall–Kier alpha value is -2.12. The second-order valence-corrected chi connectivity index (χ2v) is 9.74. The van der Waals surface area contributed by atoms with Crippen molar-refractivity contribution in [2.75, 3.05) is 24.5 Å². The number of benzene rings is 1. The summed E-state index contributed by atoms with van der Waals surface area (Å²) in [7, 11) is 0. The Labute approximate surface area is 193 Å². The first kappa shape index (κ1) is 22.1. The third-order valence-corrected chi connectivity index (χ3v) is 7.43. The van der Waals surface area contributed by atoms with Gasteiger partial charge in [0.15, 0.2) is 0 Å². The molecule has 0 N–H and O–H groups in total. The molecule has 0 spiro atoms. The highest BCUT2D eigenvalue weighted by molar-refractivity contribution is 8.26. The molecule has 1 aromatic carbocycles. The van der Waals surface area contributed by atoms with E-state index in [0.29, 0.717) is 27.9 Å². The van der Waals surface area contributed by atoms with Crippen molar-refractivity contribution < 1.29 is 4.79 Å². The van der Waals surface area contributed by atoms with Gasteiger partial charge in [-0.1, -0.05) is 55.5 Å². The summed E-state index contributed by atoms with van der Waals surface area (Å²) in [5.41, 5.74) is 2.48. The van der Waals surface area contributed by atoms with E-state index in [-0.39, 0.29) is 11.5 Å². The Balaban J connectivity index is 1.90. The van der Waals surface area contributed by atoms with E-state index in [1.807, 2.05) is 29.7 Å². The summed E-state index contributed by atoms with van der Waals surface area (Å²) < 4.78 is 2.40. The van der Waals surface area contributed by atoms with Crippen molar-refractivity contribution in [1.29, 1.82) is 0 Å². The quantitative estimate of drug-likeness (QED) is 0.452. The van der Waals surface area contributed by atoms with Gasteiger partial charge in [0.25, 0.3) is 11.5 Å². The number of carbonyl (C=O) groups is 1. The number of unbranched alkanes of at least 4 members (excludes halogenated alkanes) is 1. The van der Waals surface area contributed by atoms with E-state index in [2.05, 4.69) is 17.9 Å². The van der Waals surface area contributed by atoms with E-state index < -0.39 is 0 Å². The van der Waals surface area contributed by atoms with Gasteiger partial charge in [-0.15, -0.1) is 0 Å². The van der Waals surface area contributed by atoms with Gasteiger partial charge in [0.1, 0.15) is 4.32 Å². The molecule has 2 fully saturated rings. The molecule has 2 aliphatic heterocycles. The van der Waals surface area contributed by atoms with Crippen molar-refractivity contribution >= 4 is 56.9 Å². The van der Waals surface area contributed by atoms with Crippen molar-refractivity contribution in [3.8, 4) is 0 Å². The van der Waals surface area contributed by atoms with E-state index in [0.717, 1.165) is 55.4 Å². The number of carbonyl (C=O) groups excluding carboxylic acids is 1. The summed E-state index contributed by atoms with van der Waals surface area (Å²) in [6.07, 6.45) is 7.16. The van der Waals surface area contributed by atoms with Crippen molar-refractivity contribution in [2.24, 2.45) is 0 Å². The Bertz CT molecular complexity index is 1100. The SMILES string of the molecule is CCCCN1C(=O)C(=Cc2c(N3CCCCC3)c3ccccc3n(CC)c2=O)SC1=S. The number of piperidine rings is 1. The van der Waals surface area contributed by atoms with Crippen LogP contribution in [-0.2, 0) is 11.3 Å². The minimum atomic E-state index is -0.0800. The summed E-state index contributed by atoms with van der Waals surface area (Å²) in [5.74, 6) is -0.0800. The number of thioether (sulfide) groups is 1. The third kappa shape index (κ3) is 4.17. The number of amides is 1. The molecule has 1 aromatic heterocycles. The van der Waals surface area contributed by atoms with Gasteiger partial charge in [0, 0.05) is 31.6 Å². The van der Waals surface area contributed by atoms with Crippen LogP contribution >= 0.6 is 24.0 Å². The lowest BCUT2D eigenvalue weighted by Gasteiger charge is -2.31. The van der Waals surface area contributed by atoms with Crippen LogP contribution in [0.2, 0.25) is 0 Å². The van der Waals surface area contributed by atoms with Crippen LogP contribution in [0.25, 0.3) is 17.0 Å². The number of hydrogen-bond donors (Lipinski definition) is 0. The maximum atomic E-state index is 13.6. The molecule has 0 unspecified atom stereocenters. The second-order valence-electron chi connectivity index (χ2n) is 8.06. The molecule has 0 radical (unpaired) electrons. The van der Waals surface area contributed by atoms with Crippen LogP contribution < -0.4 is 10.5 Å². The highest BCUT2D eigenvalue weighted by Gasteiger charge is 2.32. The Morgan fingerprint density at radius 2 is 1.84 bits per heavy atom. The minimum Gasteiger partial charge on any atom is -0.370 e. The van der Waals surface area contributed by atoms with Crippen LogP contribution in [0, 0.1) is 0 Å². The first-order valence-electron chi connectivity index (χ1n) is 11.2. The van der Waals surface area contributed by atoms with Crippen molar-refractivity contribution in [1.82, 2.24) is 9.47 Å². The van der Waals surface area contributed by atoms with Gasteiger partial charge < -0.3 is 9.47 Å². The van der Waals surface area contributed by atoms with Crippen LogP contribution in [0.4, 0.5) is 5.69 Å². The first-order valence-corrected chi connectivity index (χ1v) is 12.4. The van der Waals surface area contributed by atoms with E-state index in [4.69, 9.17) is 12.2 Å². The summed E-state index contributed by atoms with van der Waals surface area (Å²) in [5, 5.41) is 1.07. The smallest absolute Gasteiger partial charge is 0.266 e. The number of aromatic nitrogens is 1. The zero-order chi connectivity index (χ0) is 22.0. The zero-order valence-corrected chi connectivity index (χ0v) is 19.9. The fourth-order valence-electron chi connectivity index (χ4n) is 4.45. The predicted molar refractivity (Wildman–Crippen MR) is 135 cm³/mol. The van der Waals surface area contributed by atoms with Crippen LogP contribution in [0.5, 0.6) is 0 Å². The predicted octanol–water partition coefficient (Wildman–Crippen LogP) is 5.01. The number of rotatable bonds is 6. The standard InChI is InChI=1S/C24H29N3O2S2/c1-3-5-15-27-23(29)20(31-24(27)30)16-18-21(25-13-9-6-10-14-25)17-11-7-8-12-19(17)26(4-2)22(18)28/h7-8,11-12,16H,3-6,9-10,13-15H2,1-2H3. The number of fused-ring (bicyclic) bond motifs is 1. The first-order chi connectivity index (χ1) is 15.1. The molecule has 2 aromatic rings. The van der Waals surface area contributed by atoms with Crippen molar-refractivity contribution in [2.45, 2.75) is 52.5 Å². The lowest BCUT2D eigenvalue weighted by atomic mass is 10.0. The molecule has 2 aliphatic rings. The molecule has 3 heterocycles. The second kappa shape index (κ2) is 9.57. The molecule has 7 heteroatoms. The molecule has 164 valence electrons. The Morgan fingerprint density at radius 1 is 1.10 bits per heavy atom. The highest BCUT2D eigenvalue weighted by Crippen LogP contribution is 2.37. The molecular formula is C24H29N3O2S2. The van der Waals surface area contributed by atoms with E-state index >= 15 is 0 Å². The molecule has 1 amide bonds. The van der Waals surface area contributed by atoms with Gasteiger partial charge in [0.2, 0.25) is 0 Å². The average Bonchev–Trinajstić information content (AvgIpc) is 3.06. The summed E-state index contributed by atoms with van der Waals surface area (Å²) in [6, 6.07) is 8.11. The molecule has 5 nitrogen and oxygen atoms in total.